The van der Waals surface area contributed by atoms with Gasteiger partial charge in [0, 0.05) is 22.5 Å². The number of anilines is 1. The topological polar surface area (TPSA) is 15.3 Å². The third kappa shape index (κ3) is 7.88. The lowest BCUT2D eigenvalue weighted by Crippen LogP contribution is -2.37. The highest BCUT2D eigenvalue weighted by atomic mass is 79.9. The third-order valence-electron chi connectivity index (χ3n) is 4.63. The van der Waals surface area contributed by atoms with Crippen molar-refractivity contribution in [2.75, 3.05) is 17.6 Å². The Bertz CT molecular complexity index is 524. The van der Waals surface area contributed by atoms with E-state index in [1.165, 1.54) is 63.5 Å². The molecule has 1 N–H and O–H groups in total. The maximum absolute atomic E-state index is 5.66. The number of rotatable bonds is 10. The molecule has 1 aliphatic heterocycles. The molecule has 0 radical (unpaired) electrons. The highest BCUT2D eigenvalue weighted by Gasteiger charge is 2.26. The highest BCUT2D eigenvalue weighted by Crippen LogP contribution is 2.29. The van der Waals surface area contributed by atoms with Crippen LogP contribution in [-0.4, -0.2) is 27.7 Å². The summed E-state index contributed by atoms with van der Waals surface area (Å²) in [6.45, 7) is 3.34. The number of thiocarbonyl (C=S) groups is 1. The molecule has 0 aliphatic carbocycles. The van der Waals surface area contributed by atoms with Crippen LogP contribution in [0.3, 0.4) is 0 Å². The number of benzene rings is 1. The van der Waals surface area contributed by atoms with Crippen LogP contribution in [0, 0.1) is 0 Å². The van der Waals surface area contributed by atoms with Gasteiger partial charge >= 0.3 is 0 Å². The van der Waals surface area contributed by atoms with Crippen molar-refractivity contribution in [3.63, 3.8) is 0 Å². The molecule has 140 valence electrons. The number of hydrogen-bond acceptors (Lipinski definition) is 2. The Morgan fingerprint density at radius 1 is 1.20 bits per heavy atom. The first-order valence-electron chi connectivity index (χ1n) is 9.65. The Labute approximate surface area is 171 Å². The van der Waals surface area contributed by atoms with E-state index in [-0.39, 0.29) is 0 Å². The molecule has 0 amide bonds. The first-order chi connectivity index (χ1) is 12.2. The van der Waals surface area contributed by atoms with Gasteiger partial charge in [-0.25, -0.2) is 0 Å². The summed E-state index contributed by atoms with van der Waals surface area (Å²) < 4.78 is 1.08. The van der Waals surface area contributed by atoms with E-state index < -0.39 is 0 Å². The van der Waals surface area contributed by atoms with Gasteiger partial charge in [-0.3, -0.25) is 0 Å². The molecule has 1 saturated heterocycles. The van der Waals surface area contributed by atoms with E-state index in [0.717, 1.165) is 21.8 Å². The van der Waals surface area contributed by atoms with Crippen molar-refractivity contribution < 1.29 is 0 Å². The predicted octanol–water partition coefficient (Wildman–Crippen LogP) is 7.05. The molecule has 0 bridgehead atoms. The maximum atomic E-state index is 5.66. The summed E-state index contributed by atoms with van der Waals surface area (Å²) in [5.74, 6) is 1.18. The number of halogens is 1. The molecule has 1 aliphatic rings. The second-order valence-corrected chi connectivity index (χ2v) is 9.31. The molecular formula is C20H31BrN2S2. The zero-order chi connectivity index (χ0) is 17.9. The minimum Gasteiger partial charge on any atom is -0.336 e. The molecule has 1 aromatic rings. The second kappa shape index (κ2) is 12.2. The molecule has 2 rings (SSSR count). The average molecular weight is 444 g/mol. The average Bonchev–Trinajstić information content (AvgIpc) is 3.06. The van der Waals surface area contributed by atoms with Crippen molar-refractivity contribution >= 4 is 50.7 Å². The number of unbranched alkanes of at least 4 members (excludes halogenated alkanes) is 7. The summed E-state index contributed by atoms with van der Waals surface area (Å²) in [7, 11) is 0. The Morgan fingerprint density at radius 2 is 1.92 bits per heavy atom. The fourth-order valence-corrected chi connectivity index (χ4v) is 5.31. The van der Waals surface area contributed by atoms with Crippen LogP contribution in [0.4, 0.5) is 5.69 Å². The first kappa shape index (κ1) is 21.0. The molecule has 0 spiro atoms. The van der Waals surface area contributed by atoms with E-state index in [2.05, 4.69) is 57.0 Å². The quantitative estimate of drug-likeness (QED) is 0.308. The molecule has 1 heterocycles. The number of thioether (sulfide) groups is 1. The molecule has 1 aromatic carbocycles. The van der Waals surface area contributed by atoms with Gasteiger partial charge in [-0.2, -0.15) is 0 Å². The van der Waals surface area contributed by atoms with Crippen LogP contribution in [0.1, 0.15) is 64.7 Å². The minimum atomic E-state index is 0.548. The Morgan fingerprint density at radius 3 is 2.64 bits per heavy atom. The van der Waals surface area contributed by atoms with Gasteiger partial charge in [-0.15, -0.1) is 11.8 Å². The summed E-state index contributed by atoms with van der Waals surface area (Å²) in [5, 5.41) is 4.82. The SMILES string of the molecule is CCCCCCCCCCC1SCCN1C(=S)Nc1cccc(Br)c1. The normalized spacial score (nSPS) is 17.0. The van der Waals surface area contributed by atoms with Crippen LogP contribution in [0.2, 0.25) is 0 Å². The van der Waals surface area contributed by atoms with Gasteiger partial charge in [0.2, 0.25) is 0 Å². The monoisotopic (exact) mass is 442 g/mol. The molecule has 25 heavy (non-hydrogen) atoms. The Balaban J connectivity index is 1.66. The van der Waals surface area contributed by atoms with E-state index in [9.17, 15) is 0 Å². The summed E-state index contributed by atoms with van der Waals surface area (Å²) in [4.78, 5) is 2.38. The van der Waals surface area contributed by atoms with Gasteiger partial charge in [0.15, 0.2) is 5.11 Å². The lowest BCUT2D eigenvalue weighted by molar-refractivity contribution is 0.412. The van der Waals surface area contributed by atoms with Gasteiger partial charge in [-0.1, -0.05) is 80.3 Å². The number of nitrogens with zero attached hydrogens (tertiary/aromatic N) is 1. The summed E-state index contributed by atoms with van der Waals surface area (Å²) >= 11 is 11.2. The van der Waals surface area contributed by atoms with Crippen LogP contribution in [-0.2, 0) is 0 Å². The standard InChI is InChI=1S/C20H31BrN2S2/c1-2-3-4-5-6-7-8-9-13-19-23(14-15-25-19)20(24)22-18-12-10-11-17(21)16-18/h10-12,16,19H,2-9,13-15H2,1H3,(H,22,24). The maximum Gasteiger partial charge on any atom is 0.174 e. The van der Waals surface area contributed by atoms with Crippen LogP contribution < -0.4 is 5.32 Å². The van der Waals surface area contributed by atoms with Crippen LogP contribution in [0.25, 0.3) is 0 Å². The summed E-state index contributed by atoms with van der Waals surface area (Å²) in [6, 6.07) is 8.20. The van der Waals surface area contributed by atoms with E-state index >= 15 is 0 Å². The molecule has 2 nitrogen and oxygen atoms in total. The zero-order valence-corrected chi connectivity index (χ0v) is 18.5. The minimum absolute atomic E-state index is 0.548. The third-order valence-corrected chi connectivity index (χ3v) is 6.75. The molecule has 0 aromatic heterocycles. The van der Waals surface area contributed by atoms with Gasteiger partial charge in [-0.05, 0) is 36.8 Å². The van der Waals surface area contributed by atoms with Crippen molar-refractivity contribution in [3.8, 4) is 0 Å². The van der Waals surface area contributed by atoms with Crippen LogP contribution in [0.15, 0.2) is 28.7 Å². The number of nitrogens with one attached hydrogen (secondary N) is 1. The van der Waals surface area contributed by atoms with Crippen molar-refractivity contribution in [2.45, 2.75) is 70.1 Å². The lowest BCUT2D eigenvalue weighted by atomic mass is 10.1. The number of hydrogen-bond donors (Lipinski definition) is 1. The van der Waals surface area contributed by atoms with Gasteiger partial charge in [0.05, 0.1) is 5.37 Å². The first-order valence-corrected chi connectivity index (χ1v) is 11.9. The van der Waals surface area contributed by atoms with Crippen LogP contribution in [0.5, 0.6) is 0 Å². The summed E-state index contributed by atoms with van der Waals surface area (Å²) in [5.41, 5.74) is 1.06. The molecule has 1 fully saturated rings. The van der Waals surface area contributed by atoms with E-state index in [1.807, 2.05) is 12.1 Å². The molecule has 0 saturated carbocycles. The van der Waals surface area contributed by atoms with Crippen LogP contribution >= 0.6 is 39.9 Å². The molecular weight excluding hydrogens is 412 g/mol. The Hall–Kier alpha value is -0.260. The van der Waals surface area contributed by atoms with E-state index in [0.29, 0.717) is 5.37 Å². The van der Waals surface area contributed by atoms with Gasteiger partial charge < -0.3 is 10.2 Å². The fraction of sp³-hybridized carbons (Fsp3) is 0.650. The van der Waals surface area contributed by atoms with E-state index in [4.69, 9.17) is 12.2 Å². The smallest absolute Gasteiger partial charge is 0.174 e. The second-order valence-electron chi connectivity index (χ2n) is 6.72. The van der Waals surface area contributed by atoms with Crippen molar-refractivity contribution in [3.05, 3.63) is 28.7 Å². The fourth-order valence-electron chi connectivity index (χ4n) is 3.21. The van der Waals surface area contributed by atoms with Crippen molar-refractivity contribution in [1.82, 2.24) is 4.90 Å². The molecule has 1 unspecified atom stereocenters. The van der Waals surface area contributed by atoms with Gasteiger partial charge in [0.1, 0.15) is 0 Å². The molecule has 1 atom stereocenters. The lowest BCUT2D eigenvalue weighted by Gasteiger charge is -2.27. The zero-order valence-electron chi connectivity index (χ0n) is 15.3. The van der Waals surface area contributed by atoms with Crippen molar-refractivity contribution in [1.29, 1.82) is 0 Å². The highest BCUT2D eigenvalue weighted by molar-refractivity contribution is 9.10. The Kier molecular flexibility index (Phi) is 10.3. The largest absolute Gasteiger partial charge is 0.336 e. The summed E-state index contributed by atoms with van der Waals surface area (Å²) in [6.07, 6.45) is 12.3. The predicted molar refractivity (Wildman–Crippen MR) is 121 cm³/mol. The molecule has 5 heteroatoms. The van der Waals surface area contributed by atoms with Gasteiger partial charge in [0.25, 0.3) is 0 Å². The van der Waals surface area contributed by atoms with E-state index in [1.54, 1.807) is 0 Å². The van der Waals surface area contributed by atoms with Crippen molar-refractivity contribution in [2.24, 2.45) is 0 Å².